The van der Waals surface area contributed by atoms with Crippen LogP contribution >= 0.6 is 0 Å². The Balaban J connectivity index is 1.19. The zero-order chi connectivity index (χ0) is 22.6. The lowest BCUT2D eigenvalue weighted by molar-refractivity contribution is 0.0593. The first-order valence-corrected chi connectivity index (χ1v) is 10.9. The summed E-state index contributed by atoms with van der Waals surface area (Å²) in [6.45, 7) is 3.37. The molecule has 168 valence electrons. The Morgan fingerprint density at radius 3 is 2.61 bits per heavy atom. The van der Waals surface area contributed by atoms with Crippen LogP contribution in [0.25, 0.3) is 5.65 Å². The van der Waals surface area contributed by atoms with Crippen LogP contribution in [-0.2, 0) is 13.2 Å². The minimum Gasteiger partial charge on any atom is -0.489 e. The maximum Gasteiger partial charge on any atom is 0.290 e. The Morgan fingerprint density at radius 1 is 1.00 bits per heavy atom. The van der Waals surface area contributed by atoms with E-state index in [2.05, 4.69) is 9.88 Å². The monoisotopic (exact) mass is 444 g/mol. The standard InChI is InChI=1S/C25H24N4O4/c30-23-16-20(26-22-8-4-5-10-29(22)23)17-27-11-13-28(14-12-27)25(31)24-19(9-15-32-24)18-33-21-6-2-1-3-7-21/h1-10,15-16H,11-14,17-18H2. The lowest BCUT2D eigenvalue weighted by Gasteiger charge is -2.34. The minimum atomic E-state index is -0.131. The van der Waals surface area contributed by atoms with Crippen molar-refractivity contribution in [3.63, 3.8) is 0 Å². The molecular formula is C25H24N4O4. The summed E-state index contributed by atoms with van der Waals surface area (Å²) in [6, 6.07) is 18.3. The van der Waals surface area contributed by atoms with Crippen molar-refractivity contribution in [3.05, 3.63) is 100 Å². The van der Waals surface area contributed by atoms with Gasteiger partial charge in [0.1, 0.15) is 18.0 Å². The van der Waals surface area contributed by atoms with Crippen LogP contribution in [0.1, 0.15) is 21.8 Å². The van der Waals surface area contributed by atoms with Crippen molar-refractivity contribution >= 4 is 11.6 Å². The fourth-order valence-corrected chi connectivity index (χ4v) is 3.98. The number of nitrogens with zero attached hydrogens (tertiary/aromatic N) is 4. The van der Waals surface area contributed by atoms with E-state index in [1.807, 2.05) is 48.5 Å². The molecule has 1 aromatic carbocycles. The highest BCUT2D eigenvalue weighted by molar-refractivity contribution is 5.93. The lowest BCUT2D eigenvalue weighted by atomic mass is 10.2. The molecule has 1 amide bonds. The highest BCUT2D eigenvalue weighted by Gasteiger charge is 2.26. The van der Waals surface area contributed by atoms with Gasteiger partial charge >= 0.3 is 0 Å². The van der Waals surface area contributed by atoms with Gasteiger partial charge in [0.15, 0.2) is 5.76 Å². The van der Waals surface area contributed by atoms with Gasteiger partial charge in [0.25, 0.3) is 11.5 Å². The Hall–Kier alpha value is -3.91. The quantitative estimate of drug-likeness (QED) is 0.455. The van der Waals surface area contributed by atoms with E-state index in [1.54, 1.807) is 23.2 Å². The van der Waals surface area contributed by atoms with Crippen molar-refractivity contribution in [1.29, 1.82) is 0 Å². The summed E-state index contributed by atoms with van der Waals surface area (Å²) in [6.07, 6.45) is 3.24. The number of para-hydroxylation sites is 1. The second-order valence-electron chi connectivity index (χ2n) is 7.96. The molecule has 1 aliphatic rings. The number of amides is 1. The highest BCUT2D eigenvalue weighted by Crippen LogP contribution is 2.18. The topological polar surface area (TPSA) is 80.3 Å². The van der Waals surface area contributed by atoms with Gasteiger partial charge in [0, 0.05) is 50.6 Å². The Morgan fingerprint density at radius 2 is 1.79 bits per heavy atom. The largest absolute Gasteiger partial charge is 0.489 e. The molecule has 1 fully saturated rings. The summed E-state index contributed by atoms with van der Waals surface area (Å²) in [5.74, 6) is 0.935. The zero-order valence-corrected chi connectivity index (χ0v) is 18.1. The highest BCUT2D eigenvalue weighted by atomic mass is 16.5. The van der Waals surface area contributed by atoms with Gasteiger partial charge in [0.05, 0.1) is 12.0 Å². The van der Waals surface area contributed by atoms with Crippen molar-refractivity contribution in [2.45, 2.75) is 13.2 Å². The van der Waals surface area contributed by atoms with E-state index in [0.717, 1.165) is 17.0 Å². The van der Waals surface area contributed by atoms with Gasteiger partial charge in [-0.05, 0) is 30.3 Å². The van der Waals surface area contributed by atoms with Gasteiger partial charge in [0.2, 0.25) is 0 Å². The molecule has 8 nitrogen and oxygen atoms in total. The number of rotatable bonds is 6. The molecular weight excluding hydrogens is 420 g/mol. The molecule has 0 radical (unpaired) electrons. The second-order valence-corrected chi connectivity index (χ2v) is 7.96. The average molecular weight is 444 g/mol. The number of ether oxygens (including phenoxy) is 1. The van der Waals surface area contributed by atoms with E-state index >= 15 is 0 Å². The van der Waals surface area contributed by atoms with Crippen molar-refractivity contribution < 1.29 is 13.9 Å². The van der Waals surface area contributed by atoms with Gasteiger partial charge in [-0.25, -0.2) is 4.98 Å². The third-order valence-corrected chi connectivity index (χ3v) is 5.75. The molecule has 0 saturated carbocycles. The minimum absolute atomic E-state index is 0.0903. The first-order valence-electron chi connectivity index (χ1n) is 10.9. The van der Waals surface area contributed by atoms with Crippen LogP contribution in [0.2, 0.25) is 0 Å². The number of aromatic nitrogens is 2. The number of furan rings is 1. The molecule has 33 heavy (non-hydrogen) atoms. The molecule has 0 bridgehead atoms. The maximum absolute atomic E-state index is 13.1. The van der Waals surface area contributed by atoms with E-state index in [0.29, 0.717) is 44.1 Å². The number of pyridine rings is 1. The van der Waals surface area contributed by atoms with Crippen LogP contribution < -0.4 is 10.3 Å². The van der Waals surface area contributed by atoms with Gasteiger partial charge in [-0.15, -0.1) is 0 Å². The van der Waals surface area contributed by atoms with Crippen molar-refractivity contribution in [1.82, 2.24) is 19.2 Å². The van der Waals surface area contributed by atoms with E-state index in [1.165, 1.54) is 10.7 Å². The van der Waals surface area contributed by atoms with Crippen molar-refractivity contribution in [2.75, 3.05) is 26.2 Å². The van der Waals surface area contributed by atoms with Crippen molar-refractivity contribution in [3.8, 4) is 5.75 Å². The molecule has 4 aromatic rings. The molecule has 4 heterocycles. The molecule has 0 unspecified atom stereocenters. The predicted octanol–water partition coefficient (Wildman–Crippen LogP) is 2.82. The summed E-state index contributed by atoms with van der Waals surface area (Å²) in [5, 5.41) is 0. The van der Waals surface area contributed by atoms with Crippen LogP contribution in [0.4, 0.5) is 0 Å². The first-order chi connectivity index (χ1) is 16.2. The summed E-state index contributed by atoms with van der Waals surface area (Å²) in [5.41, 5.74) is 2.01. The number of benzene rings is 1. The molecule has 1 aliphatic heterocycles. The normalized spacial score (nSPS) is 14.5. The number of fused-ring (bicyclic) bond motifs is 1. The fourth-order valence-electron chi connectivity index (χ4n) is 3.98. The van der Waals surface area contributed by atoms with E-state index in [9.17, 15) is 9.59 Å². The molecule has 3 aromatic heterocycles. The Labute approximate surface area is 190 Å². The summed E-state index contributed by atoms with van der Waals surface area (Å²) in [7, 11) is 0. The number of carbonyl (C=O) groups excluding carboxylic acids is 1. The predicted molar refractivity (Wildman–Crippen MR) is 122 cm³/mol. The third-order valence-electron chi connectivity index (χ3n) is 5.75. The molecule has 0 spiro atoms. The zero-order valence-electron chi connectivity index (χ0n) is 18.1. The third kappa shape index (κ3) is 4.65. The molecule has 8 heteroatoms. The van der Waals surface area contributed by atoms with E-state index in [-0.39, 0.29) is 18.1 Å². The Bertz CT molecular complexity index is 1310. The smallest absolute Gasteiger partial charge is 0.290 e. The Kier molecular flexibility index (Phi) is 5.91. The molecule has 5 rings (SSSR count). The summed E-state index contributed by atoms with van der Waals surface area (Å²) in [4.78, 5) is 34.0. The number of hydrogen-bond acceptors (Lipinski definition) is 6. The van der Waals surface area contributed by atoms with Gasteiger partial charge < -0.3 is 14.1 Å². The van der Waals surface area contributed by atoms with E-state index < -0.39 is 0 Å². The van der Waals surface area contributed by atoms with Gasteiger partial charge in [-0.3, -0.25) is 18.9 Å². The SMILES string of the molecule is O=C(c1occc1COc1ccccc1)N1CCN(Cc2cc(=O)n3ccccc3n2)CC1. The van der Waals surface area contributed by atoms with Crippen LogP contribution in [0.5, 0.6) is 5.75 Å². The molecule has 0 atom stereocenters. The van der Waals surface area contributed by atoms with E-state index in [4.69, 9.17) is 9.15 Å². The molecule has 0 N–H and O–H groups in total. The van der Waals surface area contributed by atoms with Crippen LogP contribution in [0.3, 0.4) is 0 Å². The average Bonchev–Trinajstić information content (AvgIpc) is 3.32. The first kappa shape index (κ1) is 21.0. The van der Waals surface area contributed by atoms with Crippen LogP contribution in [0, 0.1) is 0 Å². The number of hydrogen-bond donors (Lipinski definition) is 0. The van der Waals surface area contributed by atoms with Gasteiger partial charge in [-0.1, -0.05) is 24.3 Å². The van der Waals surface area contributed by atoms with Crippen LogP contribution in [0.15, 0.2) is 82.3 Å². The second kappa shape index (κ2) is 9.30. The lowest BCUT2D eigenvalue weighted by Crippen LogP contribution is -2.48. The number of carbonyl (C=O) groups is 1. The summed E-state index contributed by atoms with van der Waals surface area (Å²) >= 11 is 0. The fraction of sp³-hybridized carbons (Fsp3) is 0.240. The van der Waals surface area contributed by atoms with Gasteiger partial charge in [-0.2, -0.15) is 0 Å². The number of piperazine rings is 1. The van der Waals surface area contributed by atoms with Crippen LogP contribution in [-0.4, -0.2) is 51.3 Å². The summed E-state index contributed by atoms with van der Waals surface area (Å²) < 4.78 is 12.8. The maximum atomic E-state index is 13.1. The van der Waals surface area contributed by atoms with Crippen molar-refractivity contribution in [2.24, 2.45) is 0 Å². The molecule has 0 aliphatic carbocycles. The molecule has 1 saturated heterocycles.